The van der Waals surface area contributed by atoms with Crippen LogP contribution in [0.5, 0.6) is 0 Å². The van der Waals surface area contributed by atoms with Gasteiger partial charge in [0, 0.05) is 36.5 Å². The number of hydrogen-bond acceptors (Lipinski definition) is 4. The minimum Gasteiger partial charge on any atom is -0.337 e. The van der Waals surface area contributed by atoms with Crippen molar-refractivity contribution in [2.24, 2.45) is 5.92 Å². The lowest BCUT2D eigenvalue weighted by Gasteiger charge is -2.32. The van der Waals surface area contributed by atoms with E-state index >= 15 is 0 Å². The van der Waals surface area contributed by atoms with Gasteiger partial charge in [0.25, 0.3) is 11.5 Å². The molecule has 0 saturated carbocycles. The van der Waals surface area contributed by atoms with Crippen LogP contribution in [0, 0.1) is 5.92 Å². The van der Waals surface area contributed by atoms with Gasteiger partial charge in [0.15, 0.2) is 5.69 Å². The molecule has 0 spiro atoms. The fraction of sp³-hybridized carbons (Fsp3) is 0.455. The van der Waals surface area contributed by atoms with Crippen molar-refractivity contribution in [3.8, 4) is 0 Å². The molecule has 1 amide bonds. The van der Waals surface area contributed by atoms with E-state index in [2.05, 4.69) is 36.0 Å². The molecular weight excluding hydrogens is 366 g/mol. The van der Waals surface area contributed by atoms with Crippen LogP contribution in [-0.2, 0) is 12.0 Å². The molecule has 1 aliphatic rings. The third-order valence-corrected chi connectivity index (χ3v) is 5.68. The van der Waals surface area contributed by atoms with Gasteiger partial charge in [0.2, 0.25) is 0 Å². The molecule has 0 bridgehead atoms. The molecule has 0 radical (unpaired) electrons. The maximum Gasteiger partial charge on any atom is 0.274 e. The van der Waals surface area contributed by atoms with Gasteiger partial charge in [-0.3, -0.25) is 19.3 Å². The van der Waals surface area contributed by atoms with Crippen LogP contribution in [-0.4, -0.2) is 43.6 Å². The van der Waals surface area contributed by atoms with Crippen LogP contribution in [0.15, 0.2) is 41.5 Å². The van der Waals surface area contributed by atoms with Crippen LogP contribution in [0.4, 0.5) is 0 Å². The number of benzene rings is 1. The van der Waals surface area contributed by atoms with Gasteiger partial charge in [-0.05, 0) is 24.8 Å². The van der Waals surface area contributed by atoms with Crippen LogP contribution >= 0.6 is 0 Å². The summed E-state index contributed by atoms with van der Waals surface area (Å²) in [6.45, 7) is 8.14. The molecule has 1 aliphatic heterocycles. The molecule has 29 heavy (non-hydrogen) atoms. The lowest BCUT2D eigenvalue weighted by Crippen LogP contribution is -2.40. The first-order valence-electron chi connectivity index (χ1n) is 10.1. The Hall–Kier alpha value is -2.96. The fourth-order valence-electron chi connectivity index (χ4n) is 3.85. The number of nitrogens with zero attached hydrogens (tertiary/aromatic N) is 4. The monoisotopic (exact) mass is 393 g/mol. The molecule has 3 aromatic rings. The number of likely N-dealkylation sites (tertiary alicyclic amines) is 1. The number of H-pyrrole nitrogens is 1. The Balaban J connectivity index is 1.40. The van der Waals surface area contributed by atoms with Gasteiger partial charge >= 0.3 is 0 Å². The summed E-state index contributed by atoms with van der Waals surface area (Å²) in [5.41, 5.74) is 2.02. The number of hydrogen-bond donors (Lipinski definition) is 1. The van der Waals surface area contributed by atoms with E-state index in [1.807, 2.05) is 29.2 Å². The number of aromatic nitrogens is 4. The fourth-order valence-corrected chi connectivity index (χ4v) is 3.85. The summed E-state index contributed by atoms with van der Waals surface area (Å²) >= 11 is 0. The summed E-state index contributed by atoms with van der Waals surface area (Å²) in [4.78, 5) is 31.7. The van der Waals surface area contributed by atoms with Crippen LogP contribution in [0.2, 0.25) is 0 Å². The number of fused-ring (bicyclic) bond motifs is 1. The van der Waals surface area contributed by atoms with Crippen molar-refractivity contribution in [1.82, 2.24) is 24.6 Å². The van der Waals surface area contributed by atoms with Crippen molar-refractivity contribution >= 4 is 16.8 Å². The Bertz CT molecular complexity index is 1080. The van der Waals surface area contributed by atoms with E-state index in [0.717, 1.165) is 29.4 Å². The maximum atomic E-state index is 12.9. The average molecular weight is 393 g/mol. The number of nitrogens with one attached hydrogen (secondary N) is 1. The Labute approximate surface area is 169 Å². The Morgan fingerprint density at radius 2 is 1.93 bits per heavy atom. The number of rotatable bonds is 3. The first kappa shape index (κ1) is 19.4. The molecule has 0 atom stereocenters. The average Bonchev–Trinajstić information content (AvgIpc) is 3.13. The molecule has 7 heteroatoms. The molecule has 0 aliphatic carbocycles. The summed E-state index contributed by atoms with van der Waals surface area (Å²) in [5.74, 6) is 0.323. The molecule has 1 fully saturated rings. The number of amides is 1. The number of carbonyl (C=O) groups excluding carboxylic acids is 1. The lowest BCUT2D eigenvalue weighted by atomic mass is 9.92. The van der Waals surface area contributed by atoms with Crippen LogP contribution < -0.4 is 5.56 Å². The third-order valence-electron chi connectivity index (χ3n) is 5.68. The predicted molar refractivity (Wildman–Crippen MR) is 112 cm³/mol. The third kappa shape index (κ3) is 3.95. The first-order chi connectivity index (χ1) is 13.8. The highest BCUT2D eigenvalue weighted by atomic mass is 16.2. The van der Waals surface area contributed by atoms with Crippen LogP contribution in [0.1, 0.15) is 49.8 Å². The molecule has 7 nitrogen and oxygen atoms in total. The molecule has 1 N–H and O–H groups in total. The van der Waals surface area contributed by atoms with E-state index in [0.29, 0.717) is 31.2 Å². The summed E-state index contributed by atoms with van der Waals surface area (Å²) in [7, 11) is 0. The van der Waals surface area contributed by atoms with Gasteiger partial charge in [-0.2, -0.15) is 5.10 Å². The van der Waals surface area contributed by atoms with Gasteiger partial charge in [0.1, 0.15) is 0 Å². The zero-order valence-electron chi connectivity index (χ0n) is 17.2. The zero-order chi connectivity index (χ0) is 20.6. The van der Waals surface area contributed by atoms with E-state index in [4.69, 9.17) is 0 Å². The quantitative estimate of drug-likeness (QED) is 0.741. The number of piperidine rings is 1. The van der Waals surface area contributed by atoms with Gasteiger partial charge in [0.05, 0.1) is 17.5 Å². The smallest absolute Gasteiger partial charge is 0.274 e. The molecule has 1 saturated heterocycles. The van der Waals surface area contributed by atoms with Crippen molar-refractivity contribution in [2.75, 3.05) is 13.1 Å². The van der Waals surface area contributed by atoms with Gasteiger partial charge in [-0.25, -0.2) is 4.98 Å². The second-order valence-electron chi connectivity index (χ2n) is 8.87. The van der Waals surface area contributed by atoms with Crippen molar-refractivity contribution in [3.05, 3.63) is 58.4 Å². The van der Waals surface area contributed by atoms with E-state index in [9.17, 15) is 9.59 Å². The first-order valence-corrected chi connectivity index (χ1v) is 10.1. The van der Waals surface area contributed by atoms with Gasteiger partial charge in [-0.1, -0.05) is 39.0 Å². The lowest BCUT2D eigenvalue weighted by molar-refractivity contribution is 0.0678. The van der Waals surface area contributed by atoms with Gasteiger partial charge in [-0.15, -0.1) is 0 Å². The number of para-hydroxylation sites is 1. The topological polar surface area (TPSA) is 83.9 Å². The van der Waals surface area contributed by atoms with E-state index in [-0.39, 0.29) is 16.9 Å². The highest BCUT2D eigenvalue weighted by molar-refractivity contribution is 6.04. The van der Waals surface area contributed by atoms with Crippen molar-refractivity contribution in [1.29, 1.82) is 0 Å². The maximum absolute atomic E-state index is 12.9. The molecule has 4 rings (SSSR count). The van der Waals surface area contributed by atoms with E-state index < -0.39 is 0 Å². The summed E-state index contributed by atoms with van der Waals surface area (Å²) < 4.78 is 1.69. The molecule has 1 aromatic carbocycles. The summed E-state index contributed by atoms with van der Waals surface area (Å²) in [6, 6.07) is 9.31. The standard InChI is InChI=1S/C22H27N5O2/c1-22(2,3)18-12-19(28)27(14-23-18)13-15-8-10-26(11-9-15)21(29)20-16-6-4-5-7-17(16)24-25-20/h4-7,12,14-15H,8-11,13H2,1-3H3,(H,24,25). The molecule has 3 heterocycles. The van der Waals surface area contributed by atoms with Crippen LogP contribution in [0.25, 0.3) is 10.9 Å². The van der Waals surface area contributed by atoms with Gasteiger partial charge < -0.3 is 4.90 Å². The number of carbonyl (C=O) groups is 1. The second-order valence-corrected chi connectivity index (χ2v) is 8.87. The summed E-state index contributed by atoms with van der Waals surface area (Å²) in [6.07, 6.45) is 3.39. The normalized spacial score (nSPS) is 15.8. The van der Waals surface area contributed by atoms with E-state index in [1.165, 1.54) is 0 Å². The Kier molecular flexibility index (Phi) is 4.98. The van der Waals surface area contributed by atoms with Crippen molar-refractivity contribution in [2.45, 2.75) is 45.6 Å². The largest absolute Gasteiger partial charge is 0.337 e. The Morgan fingerprint density at radius 1 is 1.21 bits per heavy atom. The highest BCUT2D eigenvalue weighted by Gasteiger charge is 2.26. The minimum absolute atomic E-state index is 0.00794. The molecular formula is C22H27N5O2. The highest BCUT2D eigenvalue weighted by Crippen LogP contribution is 2.23. The number of aromatic amines is 1. The SMILES string of the molecule is CC(C)(C)c1cc(=O)n(CC2CCN(C(=O)c3n[nH]c4ccccc34)CC2)cn1. The molecule has 2 aromatic heterocycles. The van der Waals surface area contributed by atoms with Crippen molar-refractivity contribution < 1.29 is 4.79 Å². The summed E-state index contributed by atoms with van der Waals surface area (Å²) in [5, 5.41) is 8.01. The molecule has 0 unspecified atom stereocenters. The molecule has 152 valence electrons. The van der Waals surface area contributed by atoms with Crippen LogP contribution in [0.3, 0.4) is 0 Å². The Morgan fingerprint density at radius 3 is 2.62 bits per heavy atom. The predicted octanol–water partition coefficient (Wildman–Crippen LogP) is 2.97. The van der Waals surface area contributed by atoms with E-state index in [1.54, 1.807) is 17.0 Å². The van der Waals surface area contributed by atoms with Crippen molar-refractivity contribution in [3.63, 3.8) is 0 Å². The zero-order valence-corrected chi connectivity index (χ0v) is 17.2. The minimum atomic E-state index is -0.139. The second kappa shape index (κ2) is 7.46.